The molecule has 1 N–H and O–H groups in total. The summed E-state index contributed by atoms with van der Waals surface area (Å²) in [5, 5.41) is 8.47. The van der Waals surface area contributed by atoms with Gasteiger partial charge in [-0.25, -0.2) is 9.97 Å². The summed E-state index contributed by atoms with van der Waals surface area (Å²) in [4.78, 5) is 12.0. The second-order valence-corrected chi connectivity index (χ2v) is 8.29. The normalized spacial score (nSPS) is 13.3. The summed E-state index contributed by atoms with van der Waals surface area (Å²) in [6.45, 7) is 0.604. The summed E-state index contributed by atoms with van der Waals surface area (Å²) in [6, 6.07) is 7.70. The Labute approximate surface area is 178 Å². The Morgan fingerprint density at radius 2 is 1.93 bits per heavy atom. The molecule has 0 atom stereocenters. The van der Waals surface area contributed by atoms with Crippen LogP contribution in [0.15, 0.2) is 35.0 Å². The largest absolute Gasteiger partial charge is 0.493 e. The minimum atomic E-state index is 0.549. The maximum atomic E-state index is 5.43. The highest BCUT2D eigenvalue weighted by atomic mass is 32.1. The molecule has 0 unspecified atom stereocenters. The fourth-order valence-electron chi connectivity index (χ4n) is 3.90. The monoisotopic (exact) mass is 422 g/mol. The van der Waals surface area contributed by atoms with Crippen molar-refractivity contribution in [2.45, 2.75) is 32.2 Å². The summed E-state index contributed by atoms with van der Waals surface area (Å²) in [7, 11) is 3.28. The van der Waals surface area contributed by atoms with E-state index < -0.39 is 0 Å². The molecular weight excluding hydrogens is 400 g/mol. The summed E-state index contributed by atoms with van der Waals surface area (Å²) < 4.78 is 16.1. The summed E-state index contributed by atoms with van der Waals surface area (Å²) in [5.74, 6) is 3.37. The molecule has 0 spiro atoms. The second kappa shape index (κ2) is 7.95. The van der Waals surface area contributed by atoms with Gasteiger partial charge in [0.2, 0.25) is 11.6 Å². The second-order valence-electron chi connectivity index (χ2n) is 7.21. The number of benzene rings is 1. The molecule has 0 fully saturated rings. The van der Waals surface area contributed by atoms with Crippen LogP contribution in [0, 0.1) is 0 Å². The lowest BCUT2D eigenvalue weighted by molar-refractivity contribution is 0.354. The fraction of sp³-hybridized carbons (Fsp3) is 0.318. The Kier molecular flexibility index (Phi) is 5.00. The summed E-state index contributed by atoms with van der Waals surface area (Å²) in [5.41, 5.74) is 2.46. The molecule has 8 heteroatoms. The van der Waals surface area contributed by atoms with E-state index in [1.807, 2.05) is 18.2 Å². The van der Waals surface area contributed by atoms with E-state index in [9.17, 15) is 0 Å². The van der Waals surface area contributed by atoms with Crippen molar-refractivity contribution >= 4 is 27.4 Å². The van der Waals surface area contributed by atoms with Gasteiger partial charge in [-0.05, 0) is 48.9 Å². The predicted octanol–water partition coefficient (Wildman–Crippen LogP) is 4.85. The van der Waals surface area contributed by atoms with E-state index >= 15 is 0 Å². The number of anilines is 1. The van der Waals surface area contributed by atoms with Crippen molar-refractivity contribution in [3.05, 3.63) is 46.5 Å². The summed E-state index contributed by atoms with van der Waals surface area (Å²) >= 11 is 1.77. The van der Waals surface area contributed by atoms with Crippen molar-refractivity contribution in [3.63, 3.8) is 0 Å². The first-order chi connectivity index (χ1) is 14.8. The molecule has 1 aliphatic rings. The minimum Gasteiger partial charge on any atom is -0.493 e. The molecule has 0 bridgehead atoms. The highest BCUT2D eigenvalue weighted by molar-refractivity contribution is 7.19. The number of nitrogens with zero attached hydrogens (tertiary/aromatic N) is 3. The third-order valence-corrected chi connectivity index (χ3v) is 6.57. The lowest BCUT2D eigenvalue weighted by atomic mass is 9.97. The highest BCUT2D eigenvalue weighted by Crippen LogP contribution is 2.40. The smallest absolute Gasteiger partial charge is 0.204 e. The lowest BCUT2D eigenvalue weighted by Crippen LogP contribution is -2.06. The number of aromatic nitrogens is 3. The topological polar surface area (TPSA) is 82.3 Å². The van der Waals surface area contributed by atoms with Crippen molar-refractivity contribution in [2.75, 3.05) is 19.5 Å². The average molecular weight is 423 g/mol. The van der Waals surface area contributed by atoms with Gasteiger partial charge in [0.05, 0.1) is 25.8 Å². The molecule has 0 radical (unpaired) electrons. The number of hydrogen-bond donors (Lipinski definition) is 1. The zero-order chi connectivity index (χ0) is 20.5. The van der Waals surface area contributed by atoms with Gasteiger partial charge in [0.15, 0.2) is 11.5 Å². The molecule has 154 valence electrons. The number of thiophene rings is 1. The van der Waals surface area contributed by atoms with Crippen LogP contribution in [0.4, 0.5) is 5.82 Å². The standard InChI is InChI=1S/C22H22N4O3S/c1-27-15-8-7-13(11-17(15)28-2)12-23-21-19-14-5-3-4-6-18(14)30-22(19)26-20(25-21)16-9-10-24-29-16/h7-11H,3-6,12H2,1-2H3,(H,23,25,26). The maximum absolute atomic E-state index is 5.43. The Hall–Kier alpha value is -3.13. The molecule has 0 saturated heterocycles. The van der Waals surface area contributed by atoms with E-state index in [0.29, 0.717) is 29.6 Å². The Balaban J connectivity index is 1.54. The van der Waals surface area contributed by atoms with Gasteiger partial charge in [0.25, 0.3) is 0 Å². The van der Waals surface area contributed by atoms with E-state index in [0.717, 1.165) is 34.4 Å². The number of methoxy groups -OCH3 is 2. The molecule has 0 aliphatic heterocycles. The fourth-order valence-corrected chi connectivity index (χ4v) is 5.16. The van der Waals surface area contributed by atoms with Crippen molar-refractivity contribution < 1.29 is 14.0 Å². The van der Waals surface area contributed by atoms with Crippen LogP contribution in [0.5, 0.6) is 11.5 Å². The zero-order valence-electron chi connectivity index (χ0n) is 16.9. The van der Waals surface area contributed by atoms with Crippen LogP contribution in [-0.4, -0.2) is 29.3 Å². The number of ether oxygens (including phenoxy) is 2. The van der Waals surface area contributed by atoms with Crippen molar-refractivity contribution in [2.24, 2.45) is 0 Å². The SMILES string of the molecule is COc1ccc(CNc2nc(-c3ccno3)nc3sc4c(c23)CCCC4)cc1OC. The molecule has 1 aromatic carbocycles. The zero-order valence-corrected chi connectivity index (χ0v) is 17.7. The highest BCUT2D eigenvalue weighted by Gasteiger charge is 2.22. The Bertz CT molecular complexity index is 1190. The van der Waals surface area contributed by atoms with Gasteiger partial charge in [-0.15, -0.1) is 11.3 Å². The van der Waals surface area contributed by atoms with Crippen molar-refractivity contribution in [1.82, 2.24) is 15.1 Å². The number of nitrogens with one attached hydrogen (secondary N) is 1. The van der Waals surface area contributed by atoms with Crippen LogP contribution in [0.1, 0.15) is 28.8 Å². The van der Waals surface area contributed by atoms with E-state index in [1.165, 1.54) is 23.3 Å². The molecule has 0 saturated carbocycles. The molecule has 5 rings (SSSR count). The number of hydrogen-bond acceptors (Lipinski definition) is 8. The van der Waals surface area contributed by atoms with Crippen LogP contribution in [-0.2, 0) is 19.4 Å². The van der Waals surface area contributed by atoms with Gasteiger partial charge in [0, 0.05) is 17.5 Å². The van der Waals surface area contributed by atoms with Crippen LogP contribution in [0.2, 0.25) is 0 Å². The average Bonchev–Trinajstić information content (AvgIpc) is 3.45. The number of aryl methyl sites for hydroxylation is 2. The van der Waals surface area contributed by atoms with E-state index in [1.54, 1.807) is 37.8 Å². The molecule has 7 nitrogen and oxygen atoms in total. The molecule has 0 amide bonds. The van der Waals surface area contributed by atoms with Gasteiger partial charge in [-0.3, -0.25) is 0 Å². The first-order valence-corrected chi connectivity index (χ1v) is 10.8. The van der Waals surface area contributed by atoms with Crippen LogP contribution in [0.25, 0.3) is 21.8 Å². The van der Waals surface area contributed by atoms with Gasteiger partial charge >= 0.3 is 0 Å². The van der Waals surface area contributed by atoms with Gasteiger partial charge < -0.3 is 19.3 Å². The molecule has 1 aliphatic carbocycles. The van der Waals surface area contributed by atoms with Gasteiger partial charge in [0.1, 0.15) is 10.6 Å². The number of fused-ring (bicyclic) bond motifs is 3. The Morgan fingerprint density at radius 3 is 2.73 bits per heavy atom. The molecular formula is C22H22N4O3S. The van der Waals surface area contributed by atoms with Crippen molar-refractivity contribution in [3.8, 4) is 23.1 Å². The first kappa shape index (κ1) is 18.9. The molecule has 3 heterocycles. The minimum absolute atomic E-state index is 0.549. The third kappa shape index (κ3) is 3.37. The maximum Gasteiger partial charge on any atom is 0.204 e. The lowest BCUT2D eigenvalue weighted by Gasteiger charge is -2.14. The van der Waals surface area contributed by atoms with Crippen molar-refractivity contribution in [1.29, 1.82) is 0 Å². The molecule has 30 heavy (non-hydrogen) atoms. The quantitative estimate of drug-likeness (QED) is 0.475. The van der Waals surface area contributed by atoms with E-state index in [-0.39, 0.29) is 0 Å². The third-order valence-electron chi connectivity index (χ3n) is 5.38. The van der Waals surface area contributed by atoms with E-state index in [2.05, 4.69) is 10.5 Å². The van der Waals surface area contributed by atoms with Crippen LogP contribution >= 0.6 is 11.3 Å². The summed E-state index contributed by atoms with van der Waals surface area (Å²) in [6.07, 6.45) is 6.24. The van der Waals surface area contributed by atoms with Crippen LogP contribution in [0.3, 0.4) is 0 Å². The molecule has 4 aromatic rings. The first-order valence-electron chi connectivity index (χ1n) is 9.95. The van der Waals surface area contributed by atoms with Gasteiger partial charge in [-0.1, -0.05) is 11.2 Å². The molecule has 3 aromatic heterocycles. The van der Waals surface area contributed by atoms with E-state index in [4.69, 9.17) is 24.0 Å². The van der Waals surface area contributed by atoms with Crippen LogP contribution < -0.4 is 14.8 Å². The Morgan fingerprint density at radius 1 is 1.07 bits per heavy atom. The number of rotatable bonds is 6. The van der Waals surface area contributed by atoms with Gasteiger partial charge in [-0.2, -0.15) is 0 Å². The predicted molar refractivity (Wildman–Crippen MR) is 116 cm³/mol.